The molecule has 6 aromatic carbocycles. The fraction of sp³-hybridized carbons (Fsp3) is 0.0488. The second kappa shape index (κ2) is 11.7. The lowest BCUT2D eigenvalue weighted by Crippen LogP contribution is -2.16. The number of para-hydroxylation sites is 1. The summed E-state index contributed by atoms with van der Waals surface area (Å²) in [5, 5.41) is 18.3. The molecule has 0 bridgehead atoms. The molecule has 0 aliphatic carbocycles. The normalized spacial score (nSPS) is 12.6. The average Bonchev–Trinajstić information content (AvgIpc) is 3.64. The van der Waals surface area contributed by atoms with Crippen molar-refractivity contribution >= 4 is 59.0 Å². The standard InChI is InChI=1S/C41H30N4S/c42-25-27-10-8-14-30(20-27)37(24-36(43)29-12-2-1-3-13-29)44-26-28-11-9-15-31(21-28)45-38-18-6-4-16-32(38)34-23-41-35(22-39(34)45)33-17-5-7-19-40(33)46-41/h1-24,36,44H,26,43H2/b37-24-. The van der Waals surface area contributed by atoms with Crippen LogP contribution in [-0.2, 0) is 6.54 Å². The first-order valence-electron chi connectivity index (χ1n) is 15.4. The molecule has 5 heteroatoms. The van der Waals surface area contributed by atoms with Gasteiger partial charge in [-0.3, -0.25) is 0 Å². The Hall–Kier alpha value is -5.67. The summed E-state index contributed by atoms with van der Waals surface area (Å²) < 4.78 is 5.01. The summed E-state index contributed by atoms with van der Waals surface area (Å²) in [6.07, 6.45) is 2.04. The van der Waals surface area contributed by atoms with Crippen molar-refractivity contribution in [2.24, 2.45) is 5.73 Å². The molecule has 1 atom stereocenters. The number of benzene rings is 6. The third-order valence-corrected chi connectivity index (χ3v) is 9.79. The van der Waals surface area contributed by atoms with Gasteiger partial charge >= 0.3 is 0 Å². The van der Waals surface area contributed by atoms with Crippen LogP contribution in [0.2, 0.25) is 0 Å². The van der Waals surface area contributed by atoms with Gasteiger partial charge < -0.3 is 15.6 Å². The highest BCUT2D eigenvalue weighted by Gasteiger charge is 2.16. The smallest absolute Gasteiger partial charge is 0.0991 e. The maximum Gasteiger partial charge on any atom is 0.0991 e. The minimum atomic E-state index is -0.302. The molecular formula is C41H30N4S. The van der Waals surface area contributed by atoms with E-state index in [2.05, 4.69) is 101 Å². The lowest BCUT2D eigenvalue weighted by molar-refractivity contribution is 0.857. The van der Waals surface area contributed by atoms with Crippen LogP contribution in [-0.4, -0.2) is 4.57 Å². The highest BCUT2D eigenvalue weighted by atomic mass is 32.1. The molecule has 0 amide bonds. The Morgan fingerprint density at radius 2 is 1.50 bits per heavy atom. The number of nitrogens with two attached hydrogens (primary N) is 1. The van der Waals surface area contributed by atoms with Crippen LogP contribution in [0.3, 0.4) is 0 Å². The summed E-state index contributed by atoms with van der Waals surface area (Å²) in [5.74, 6) is 0. The number of nitrogens with one attached hydrogen (secondary N) is 1. The summed E-state index contributed by atoms with van der Waals surface area (Å²) in [6.45, 7) is 0.592. The van der Waals surface area contributed by atoms with E-state index < -0.39 is 0 Å². The van der Waals surface area contributed by atoms with Crippen molar-refractivity contribution in [2.75, 3.05) is 0 Å². The lowest BCUT2D eigenvalue weighted by atomic mass is 10.0. The van der Waals surface area contributed by atoms with Gasteiger partial charge in [0, 0.05) is 48.9 Å². The average molecular weight is 611 g/mol. The van der Waals surface area contributed by atoms with Gasteiger partial charge in [-0.05, 0) is 71.3 Å². The molecule has 46 heavy (non-hydrogen) atoms. The number of hydrogen-bond donors (Lipinski definition) is 2. The van der Waals surface area contributed by atoms with Gasteiger partial charge in [-0.1, -0.05) is 91.0 Å². The van der Waals surface area contributed by atoms with Gasteiger partial charge in [0.1, 0.15) is 0 Å². The van der Waals surface area contributed by atoms with Gasteiger partial charge in [-0.15, -0.1) is 11.3 Å². The monoisotopic (exact) mass is 610 g/mol. The summed E-state index contributed by atoms with van der Waals surface area (Å²) >= 11 is 1.86. The van der Waals surface area contributed by atoms with Crippen LogP contribution in [0.1, 0.15) is 28.3 Å². The van der Waals surface area contributed by atoms with Crippen LogP contribution in [0.5, 0.6) is 0 Å². The predicted molar refractivity (Wildman–Crippen MR) is 193 cm³/mol. The van der Waals surface area contributed by atoms with Gasteiger partial charge in [0.15, 0.2) is 0 Å². The highest BCUT2D eigenvalue weighted by Crippen LogP contribution is 2.40. The van der Waals surface area contributed by atoms with Crippen molar-refractivity contribution in [1.29, 1.82) is 5.26 Å². The number of hydrogen-bond acceptors (Lipinski definition) is 4. The Morgan fingerprint density at radius 1 is 0.717 bits per heavy atom. The van der Waals surface area contributed by atoms with E-state index in [1.54, 1.807) is 0 Å². The second-order valence-corrected chi connectivity index (χ2v) is 12.6. The van der Waals surface area contributed by atoms with Crippen LogP contribution in [0.15, 0.2) is 146 Å². The van der Waals surface area contributed by atoms with E-state index in [4.69, 9.17) is 5.73 Å². The Labute approximate surface area is 271 Å². The van der Waals surface area contributed by atoms with E-state index in [1.807, 2.05) is 72.0 Å². The van der Waals surface area contributed by atoms with Crippen LogP contribution in [0.4, 0.5) is 0 Å². The number of nitrogens with zero attached hydrogens (tertiary/aromatic N) is 2. The van der Waals surface area contributed by atoms with E-state index in [9.17, 15) is 5.26 Å². The van der Waals surface area contributed by atoms with Crippen LogP contribution in [0, 0.1) is 11.3 Å². The number of fused-ring (bicyclic) bond motifs is 6. The Bertz CT molecular complexity index is 2460. The van der Waals surface area contributed by atoms with Crippen molar-refractivity contribution < 1.29 is 0 Å². The van der Waals surface area contributed by atoms with E-state index >= 15 is 0 Å². The first-order valence-corrected chi connectivity index (χ1v) is 16.2. The summed E-state index contributed by atoms with van der Waals surface area (Å²) in [5.41, 5.74) is 14.7. The number of nitriles is 1. The minimum Gasteiger partial charge on any atom is -0.381 e. The molecule has 8 rings (SSSR count). The van der Waals surface area contributed by atoms with Crippen molar-refractivity contribution in [2.45, 2.75) is 12.6 Å². The van der Waals surface area contributed by atoms with Crippen LogP contribution < -0.4 is 11.1 Å². The van der Waals surface area contributed by atoms with E-state index in [1.165, 1.54) is 42.0 Å². The topological polar surface area (TPSA) is 66.8 Å². The Morgan fingerprint density at radius 3 is 2.37 bits per heavy atom. The first kappa shape index (κ1) is 27.8. The zero-order chi connectivity index (χ0) is 31.0. The fourth-order valence-electron chi connectivity index (χ4n) is 6.43. The van der Waals surface area contributed by atoms with E-state index in [0.29, 0.717) is 12.1 Å². The molecule has 0 aliphatic rings. The lowest BCUT2D eigenvalue weighted by Gasteiger charge is -2.16. The molecule has 0 saturated carbocycles. The molecule has 0 aliphatic heterocycles. The first-order chi connectivity index (χ1) is 22.7. The maximum atomic E-state index is 9.57. The zero-order valence-electron chi connectivity index (χ0n) is 25.0. The molecule has 0 radical (unpaired) electrons. The third-order valence-electron chi connectivity index (χ3n) is 8.66. The van der Waals surface area contributed by atoms with Crippen LogP contribution >= 0.6 is 11.3 Å². The minimum absolute atomic E-state index is 0.302. The third kappa shape index (κ3) is 5.00. The van der Waals surface area contributed by atoms with Gasteiger partial charge in [-0.2, -0.15) is 5.26 Å². The van der Waals surface area contributed by atoms with Crippen molar-refractivity contribution in [3.63, 3.8) is 0 Å². The Kier molecular flexibility index (Phi) is 7.07. The largest absolute Gasteiger partial charge is 0.381 e. The molecule has 0 spiro atoms. The molecule has 1 unspecified atom stereocenters. The molecule has 2 heterocycles. The van der Waals surface area contributed by atoms with E-state index in [-0.39, 0.29) is 6.04 Å². The number of rotatable bonds is 7. The van der Waals surface area contributed by atoms with Crippen molar-refractivity contribution in [3.05, 3.63) is 168 Å². The Balaban J connectivity index is 1.20. The SMILES string of the molecule is N#Cc1cccc(/C(=C/C(N)c2ccccc2)NCc2cccc(-n3c4ccccc4c4cc5sc6ccccc6c5cc43)c2)c1. The molecule has 2 aromatic heterocycles. The zero-order valence-corrected chi connectivity index (χ0v) is 25.8. The molecule has 3 N–H and O–H groups in total. The number of aromatic nitrogens is 1. The van der Waals surface area contributed by atoms with Gasteiger partial charge in [0.25, 0.3) is 0 Å². The fourth-order valence-corrected chi connectivity index (χ4v) is 7.56. The molecule has 220 valence electrons. The molecular weight excluding hydrogens is 581 g/mol. The second-order valence-electron chi connectivity index (χ2n) is 11.5. The van der Waals surface area contributed by atoms with E-state index in [0.717, 1.165) is 28.1 Å². The summed E-state index contributed by atoms with van der Waals surface area (Å²) in [6, 6.07) is 50.4. The quantitative estimate of drug-likeness (QED) is 0.189. The predicted octanol–water partition coefficient (Wildman–Crippen LogP) is 9.85. The molecule has 0 fully saturated rings. The summed E-state index contributed by atoms with van der Waals surface area (Å²) in [4.78, 5) is 0. The summed E-state index contributed by atoms with van der Waals surface area (Å²) in [7, 11) is 0. The molecule has 0 saturated heterocycles. The van der Waals surface area contributed by atoms with Gasteiger partial charge in [-0.25, -0.2) is 0 Å². The molecule has 8 aromatic rings. The van der Waals surface area contributed by atoms with Crippen LogP contribution in [0.25, 0.3) is 53.4 Å². The maximum absolute atomic E-state index is 9.57. The van der Waals surface area contributed by atoms with Gasteiger partial charge in [0.05, 0.1) is 28.7 Å². The van der Waals surface area contributed by atoms with Crippen molar-refractivity contribution in [3.8, 4) is 11.8 Å². The number of thiophene rings is 1. The van der Waals surface area contributed by atoms with Crippen molar-refractivity contribution in [1.82, 2.24) is 9.88 Å². The highest BCUT2D eigenvalue weighted by molar-refractivity contribution is 7.25. The molecule has 4 nitrogen and oxygen atoms in total. The van der Waals surface area contributed by atoms with Gasteiger partial charge in [0.2, 0.25) is 0 Å².